The van der Waals surface area contributed by atoms with Gasteiger partial charge in [0.15, 0.2) is 0 Å². The maximum Gasteiger partial charge on any atom is 0.0900 e. The SMILES string of the molecule is Cc1nc(C)c(C(C)N2CCN(C)CC2CN)s1. The van der Waals surface area contributed by atoms with Gasteiger partial charge < -0.3 is 10.6 Å². The van der Waals surface area contributed by atoms with Gasteiger partial charge in [0.05, 0.1) is 10.7 Å². The predicted octanol–water partition coefficient (Wildman–Crippen LogP) is 1.40. The van der Waals surface area contributed by atoms with Crippen LogP contribution in [0, 0.1) is 13.8 Å². The number of piperazine rings is 1. The van der Waals surface area contributed by atoms with Crippen LogP contribution in [0.4, 0.5) is 0 Å². The number of rotatable bonds is 3. The Bertz CT molecular complexity index is 404. The molecular formula is C13H24N4S. The van der Waals surface area contributed by atoms with Gasteiger partial charge in [-0.1, -0.05) is 0 Å². The molecule has 0 aromatic carbocycles. The number of nitrogens with two attached hydrogens (primary N) is 1. The van der Waals surface area contributed by atoms with Crippen molar-refractivity contribution < 1.29 is 0 Å². The van der Waals surface area contributed by atoms with Gasteiger partial charge in [-0.15, -0.1) is 11.3 Å². The first-order valence-corrected chi connectivity index (χ1v) is 7.43. The molecule has 102 valence electrons. The Balaban J connectivity index is 2.17. The van der Waals surface area contributed by atoms with Gasteiger partial charge in [-0.2, -0.15) is 0 Å². The van der Waals surface area contributed by atoms with Gasteiger partial charge in [-0.25, -0.2) is 4.98 Å². The van der Waals surface area contributed by atoms with Crippen molar-refractivity contribution in [2.75, 3.05) is 33.2 Å². The Labute approximate surface area is 114 Å². The largest absolute Gasteiger partial charge is 0.329 e. The number of nitrogens with zero attached hydrogens (tertiary/aromatic N) is 3. The zero-order valence-electron chi connectivity index (χ0n) is 11.8. The van der Waals surface area contributed by atoms with E-state index in [-0.39, 0.29) is 0 Å². The van der Waals surface area contributed by atoms with E-state index in [2.05, 4.69) is 42.6 Å². The van der Waals surface area contributed by atoms with E-state index >= 15 is 0 Å². The summed E-state index contributed by atoms with van der Waals surface area (Å²) in [5.74, 6) is 0. The molecule has 0 saturated carbocycles. The summed E-state index contributed by atoms with van der Waals surface area (Å²) in [6.07, 6.45) is 0. The minimum Gasteiger partial charge on any atom is -0.329 e. The van der Waals surface area contributed by atoms with Crippen LogP contribution in [0.25, 0.3) is 0 Å². The Morgan fingerprint density at radius 2 is 2.17 bits per heavy atom. The molecule has 1 aromatic rings. The fourth-order valence-corrected chi connectivity index (χ4v) is 3.83. The Hall–Kier alpha value is -0.490. The number of likely N-dealkylation sites (N-methyl/N-ethyl adjacent to an activating group) is 1. The van der Waals surface area contributed by atoms with Gasteiger partial charge in [0, 0.05) is 43.1 Å². The highest BCUT2D eigenvalue weighted by Gasteiger charge is 2.30. The summed E-state index contributed by atoms with van der Waals surface area (Å²) in [6, 6.07) is 0.888. The van der Waals surface area contributed by atoms with E-state index in [1.807, 2.05) is 11.3 Å². The molecule has 0 bridgehead atoms. The third-order valence-corrected chi connectivity index (χ3v) is 5.06. The number of aromatic nitrogens is 1. The van der Waals surface area contributed by atoms with Crippen LogP contribution in [0.15, 0.2) is 0 Å². The second kappa shape index (κ2) is 5.65. The molecule has 2 N–H and O–H groups in total. The van der Waals surface area contributed by atoms with Crippen LogP contribution in [0.3, 0.4) is 0 Å². The summed E-state index contributed by atoms with van der Waals surface area (Å²) in [5, 5.41) is 1.16. The van der Waals surface area contributed by atoms with Crippen molar-refractivity contribution in [3.8, 4) is 0 Å². The molecule has 1 aromatic heterocycles. The molecule has 1 fully saturated rings. The van der Waals surface area contributed by atoms with Gasteiger partial charge >= 0.3 is 0 Å². The van der Waals surface area contributed by atoms with Crippen molar-refractivity contribution in [1.82, 2.24) is 14.8 Å². The number of hydrogen-bond acceptors (Lipinski definition) is 5. The summed E-state index contributed by atoms with van der Waals surface area (Å²) < 4.78 is 0. The molecule has 0 aliphatic carbocycles. The predicted molar refractivity (Wildman–Crippen MR) is 77.0 cm³/mol. The highest BCUT2D eigenvalue weighted by molar-refractivity contribution is 7.11. The van der Waals surface area contributed by atoms with E-state index in [9.17, 15) is 0 Å². The summed E-state index contributed by atoms with van der Waals surface area (Å²) in [6.45, 7) is 10.5. The average Bonchev–Trinajstić information content (AvgIpc) is 2.67. The molecule has 1 aliphatic rings. The Kier molecular flexibility index (Phi) is 4.37. The summed E-state index contributed by atoms with van der Waals surface area (Å²) >= 11 is 1.82. The first-order valence-electron chi connectivity index (χ1n) is 6.61. The van der Waals surface area contributed by atoms with E-state index in [1.165, 1.54) is 10.6 Å². The standard InChI is InChI=1S/C13H24N4S/c1-9-13(18-11(3)15-9)10(2)17-6-5-16(4)8-12(17)7-14/h10,12H,5-8,14H2,1-4H3. The molecule has 5 heteroatoms. The highest BCUT2D eigenvalue weighted by Crippen LogP contribution is 2.31. The monoisotopic (exact) mass is 268 g/mol. The fraction of sp³-hybridized carbons (Fsp3) is 0.769. The molecular weight excluding hydrogens is 244 g/mol. The van der Waals surface area contributed by atoms with Crippen molar-refractivity contribution in [1.29, 1.82) is 0 Å². The van der Waals surface area contributed by atoms with Gasteiger partial charge in [-0.3, -0.25) is 4.90 Å². The summed E-state index contributed by atoms with van der Waals surface area (Å²) in [4.78, 5) is 10.8. The molecule has 1 saturated heterocycles. The first kappa shape index (κ1) is 13.9. The van der Waals surface area contributed by atoms with Crippen molar-refractivity contribution in [3.05, 3.63) is 15.6 Å². The maximum absolute atomic E-state index is 5.93. The van der Waals surface area contributed by atoms with Crippen molar-refractivity contribution in [3.63, 3.8) is 0 Å². The van der Waals surface area contributed by atoms with E-state index in [4.69, 9.17) is 5.73 Å². The highest BCUT2D eigenvalue weighted by atomic mass is 32.1. The Morgan fingerprint density at radius 1 is 1.44 bits per heavy atom. The van der Waals surface area contributed by atoms with Crippen molar-refractivity contribution in [2.45, 2.75) is 32.9 Å². The molecule has 2 rings (SSSR count). The van der Waals surface area contributed by atoms with E-state index in [1.54, 1.807) is 0 Å². The Morgan fingerprint density at radius 3 is 2.72 bits per heavy atom. The van der Waals surface area contributed by atoms with Crippen LogP contribution in [0.1, 0.15) is 28.5 Å². The van der Waals surface area contributed by atoms with Gasteiger partial charge in [0.2, 0.25) is 0 Å². The van der Waals surface area contributed by atoms with Gasteiger partial charge in [-0.05, 0) is 27.8 Å². The molecule has 2 heterocycles. The lowest BCUT2D eigenvalue weighted by atomic mass is 10.1. The minimum absolute atomic E-state index is 0.429. The second-order valence-electron chi connectivity index (χ2n) is 5.25. The van der Waals surface area contributed by atoms with E-state index < -0.39 is 0 Å². The van der Waals surface area contributed by atoms with Crippen molar-refractivity contribution in [2.24, 2.45) is 5.73 Å². The zero-order chi connectivity index (χ0) is 13.3. The van der Waals surface area contributed by atoms with Gasteiger partial charge in [0.1, 0.15) is 0 Å². The molecule has 2 atom stereocenters. The average molecular weight is 268 g/mol. The van der Waals surface area contributed by atoms with Gasteiger partial charge in [0.25, 0.3) is 0 Å². The summed E-state index contributed by atoms with van der Waals surface area (Å²) in [5.41, 5.74) is 7.11. The number of aryl methyl sites for hydroxylation is 2. The minimum atomic E-state index is 0.429. The lowest BCUT2D eigenvalue weighted by Crippen LogP contribution is -2.55. The van der Waals surface area contributed by atoms with Crippen LogP contribution < -0.4 is 5.73 Å². The van der Waals surface area contributed by atoms with Crippen LogP contribution in [-0.4, -0.2) is 54.1 Å². The first-order chi connectivity index (χ1) is 8.52. The summed E-state index contributed by atoms with van der Waals surface area (Å²) in [7, 11) is 2.17. The van der Waals surface area contributed by atoms with E-state index in [0.717, 1.165) is 31.2 Å². The molecule has 18 heavy (non-hydrogen) atoms. The molecule has 0 spiro atoms. The zero-order valence-corrected chi connectivity index (χ0v) is 12.6. The normalized spacial score (nSPS) is 24.4. The van der Waals surface area contributed by atoms with Crippen LogP contribution >= 0.6 is 11.3 Å². The lowest BCUT2D eigenvalue weighted by Gasteiger charge is -2.42. The molecule has 4 nitrogen and oxygen atoms in total. The molecule has 0 radical (unpaired) electrons. The number of hydrogen-bond donors (Lipinski definition) is 1. The second-order valence-corrected chi connectivity index (χ2v) is 6.48. The molecule has 1 aliphatic heterocycles. The maximum atomic E-state index is 5.93. The molecule has 0 amide bonds. The lowest BCUT2D eigenvalue weighted by molar-refractivity contribution is 0.0630. The van der Waals surface area contributed by atoms with E-state index in [0.29, 0.717) is 12.1 Å². The topological polar surface area (TPSA) is 45.4 Å². The third kappa shape index (κ3) is 2.74. The molecule has 2 unspecified atom stereocenters. The smallest absolute Gasteiger partial charge is 0.0900 e. The van der Waals surface area contributed by atoms with Crippen LogP contribution in [0.5, 0.6) is 0 Å². The fourth-order valence-electron chi connectivity index (χ4n) is 2.83. The third-order valence-electron chi connectivity index (χ3n) is 3.82. The van der Waals surface area contributed by atoms with Crippen LogP contribution in [0.2, 0.25) is 0 Å². The van der Waals surface area contributed by atoms with Crippen LogP contribution in [-0.2, 0) is 0 Å². The quantitative estimate of drug-likeness (QED) is 0.900. The van der Waals surface area contributed by atoms with Crippen molar-refractivity contribution >= 4 is 11.3 Å². The number of thiazole rings is 1.